The lowest BCUT2D eigenvalue weighted by Crippen LogP contribution is -1.89. The lowest BCUT2D eigenvalue weighted by molar-refractivity contribution is 1.45. The predicted molar refractivity (Wildman–Crippen MR) is 68.4 cm³/mol. The Hall–Kier alpha value is -2.09. The van der Waals surface area contributed by atoms with E-state index in [4.69, 9.17) is 5.73 Å². The minimum atomic E-state index is 0.786. The van der Waals surface area contributed by atoms with Crippen LogP contribution in [0, 0.1) is 6.92 Å². The molecule has 1 aromatic heterocycles. The number of rotatable bonds is 0. The van der Waals surface area contributed by atoms with Crippen molar-refractivity contribution in [3.63, 3.8) is 0 Å². The van der Waals surface area contributed by atoms with Gasteiger partial charge in [-0.05, 0) is 37.3 Å². The molecule has 0 spiro atoms. The Balaban J connectivity index is 2.49. The summed E-state index contributed by atoms with van der Waals surface area (Å²) in [5.74, 6) is 0. The molecule has 0 radical (unpaired) electrons. The zero-order chi connectivity index (χ0) is 11.1. The number of nitrogens with zero attached hydrogens (tertiary/aromatic N) is 1. The second-order valence-electron chi connectivity index (χ2n) is 4.10. The lowest BCUT2D eigenvalue weighted by Gasteiger charge is -2.04. The molecule has 0 aliphatic carbocycles. The van der Waals surface area contributed by atoms with Crippen LogP contribution in [0.1, 0.15) is 5.56 Å². The maximum Gasteiger partial charge on any atom is 0.0730 e. The molecule has 0 saturated carbocycles. The van der Waals surface area contributed by atoms with Crippen LogP contribution in [0.5, 0.6) is 0 Å². The van der Waals surface area contributed by atoms with Gasteiger partial charge < -0.3 is 5.73 Å². The summed E-state index contributed by atoms with van der Waals surface area (Å²) in [6.07, 6.45) is 0. The van der Waals surface area contributed by atoms with Gasteiger partial charge in [-0.25, -0.2) is 4.98 Å². The summed E-state index contributed by atoms with van der Waals surface area (Å²) < 4.78 is 0. The van der Waals surface area contributed by atoms with E-state index < -0.39 is 0 Å². The van der Waals surface area contributed by atoms with Gasteiger partial charge in [0.25, 0.3) is 0 Å². The van der Waals surface area contributed by atoms with E-state index in [2.05, 4.69) is 30.1 Å². The summed E-state index contributed by atoms with van der Waals surface area (Å²) in [5, 5.41) is 2.17. The molecular weight excluding hydrogens is 196 g/mol. The first-order valence-electron chi connectivity index (χ1n) is 5.30. The third-order valence-corrected chi connectivity index (χ3v) is 2.84. The van der Waals surface area contributed by atoms with Crippen LogP contribution in [-0.4, -0.2) is 4.98 Å². The van der Waals surface area contributed by atoms with Gasteiger partial charge in [0.1, 0.15) is 0 Å². The zero-order valence-corrected chi connectivity index (χ0v) is 9.07. The molecule has 3 rings (SSSR count). The van der Waals surface area contributed by atoms with Crippen LogP contribution in [0.25, 0.3) is 21.8 Å². The second kappa shape index (κ2) is 3.20. The highest BCUT2D eigenvalue weighted by molar-refractivity contribution is 5.98. The number of hydrogen-bond donors (Lipinski definition) is 1. The summed E-state index contributed by atoms with van der Waals surface area (Å²) in [4.78, 5) is 4.60. The van der Waals surface area contributed by atoms with Crippen molar-refractivity contribution >= 4 is 27.5 Å². The number of fused-ring (bicyclic) bond motifs is 2. The third kappa shape index (κ3) is 1.31. The van der Waals surface area contributed by atoms with Gasteiger partial charge in [0, 0.05) is 16.5 Å². The van der Waals surface area contributed by atoms with Crippen molar-refractivity contribution in [3.05, 3.63) is 48.0 Å². The van der Waals surface area contributed by atoms with E-state index in [0.717, 1.165) is 27.5 Å². The Kier molecular flexibility index (Phi) is 1.83. The number of nitrogen functional groups attached to an aromatic ring is 1. The molecule has 0 aliphatic rings. The minimum absolute atomic E-state index is 0.786. The van der Waals surface area contributed by atoms with Gasteiger partial charge in [0.2, 0.25) is 0 Å². The van der Waals surface area contributed by atoms with Crippen molar-refractivity contribution in [1.29, 1.82) is 0 Å². The molecule has 1 heterocycles. The Morgan fingerprint density at radius 3 is 2.75 bits per heavy atom. The molecule has 0 bridgehead atoms. The molecule has 2 nitrogen and oxygen atoms in total. The monoisotopic (exact) mass is 208 g/mol. The molecule has 2 aromatic carbocycles. The summed E-state index contributed by atoms with van der Waals surface area (Å²) in [6, 6.07) is 14.2. The number of aromatic nitrogens is 1. The van der Waals surface area contributed by atoms with Crippen molar-refractivity contribution in [2.75, 3.05) is 5.73 Å². The van der Waals surface area contributed by atoms with E-state index >= 15 is 0 Å². The van der Waals surface area contributed by atoms with Gasteiger partial charge in [-0.1, -0.05) is 17.7 Å². The van der Waals surface area contributed by atoms with Crippen molar-refractivity contribution in [1.82, 2.24) is 4.98 Å². The topological polar surface area (TPSA) is 38.9 Å². The average Bonchev–Trinajstić information content (AvgIpc) is 2.28. The Labute approximate surface area is 93.7 Å². The number of anilines is 1. The molecule has 78 valence electrons. The molecule has 3 aromatic rings. The van der Waals surface area contributed by atoms with E-state index in [1.54, 1.807) is 0 Å². The smallest absolute Gasteiger partial charge is 0.0730 e. The van der Waals surface area contributed by atoms with Crippen LogP contribution in [-0.2, 0) is 0 Å². The quantitative estimate of drug-likeness (QED) is 0.455. The Bertz CT molecular complexity index is 687. The highest BCUT2D eigenvalue weighted by atomic mass is 14.7. The van der Waals surface area contributed by atoms with Crippen LogP contribution < -0.4 is 5.73 Å². The molecule has 2 heteroatoms. The number of pyridine rings is 1. The molecule has 0 atom stereocenters. The molecular formula is C14H12N2. The maximum atomic E-state index is 5.95. The maximum absolute atomic E-state index is 5.95. The number of nitrogens with two attached hydrogens (primary N) is 1. The van der Waals surface area contributed by atoms with E-state index in [1.807, 2.05) is 24.3 Å². The van der Waals surface area contributed by atoms with Gasteiger partial charge in [0.15, 0.2) is 0 Å². The first-order chi connectivity index (χ1) is 7.74. The third-order valence-electron chi connectivity index (χ3n) is 2.84. The number of benzene rings is 2. The SMILES string of the molecule is Cc1ccc2nc3cccc(N)c3cc2c1. The van der Waals surface area contributed by atoms with Crippen LogP contribution in [0.15, 0.2) is 42.5 Å². The van der Waals surface area contributed by atoms with Gasteiger partial charge in [0.05, 0.1) is 11.0 Å². The molecule has 0 amide bonds. The summed E-state index contributed by atoms with van der Waals surface area (Å²) in [5.41, 5.74) is 9.94. The molecule has 16 heavy (non-hydrogen) atoms. The lowest BCUT2D eigenvalue weighted by atomic mass is 10.1. The van der Waals surface area contributed by atoms with Gasteiger partial charge in [-0.2, -0.15) is 0 Å². The normalized spacial score (nSPS) is 11.1. The van der Waals surface area contributed by atoms with Gasteiger partial charge in [-0.3, -0.25) is 0 Å². The van der Waals surface area contributed by atoms with E-state index in [-0.39, 0.29) is 0 Å². The second-order valence-corrected chi connectivity index (χ2v) is 4.10. The van der Waals surface area contributed by atoms with Gasteiger partial charge in [-0.15, -0.1) is 0 Å². The van der Waals surface area contributed by atoms with Crippen molar-refractivity contribution < 1.29 is 0 Å². The standard InChI is InChI=1S/C14H12N2/c1-9-5-6-13-10(7-9)8-11-12(15)3-2-4-14(11)16-13/h2-8H,15H2,1H3. The fourth-order valence-electron chi connectivity index (χ4n) is 2.00. The van der Waals surface area contributed by atoms with Crippen LogP contribution in [0.2, 0.25) is 0 Å². The summed E-state index contributed by atoms with van der Waals surface area (Å²) >= 11 is 0. The fraction of sp³-hybridized carbons (Fsp3) is 0.0714. The van der Waals surface area contributed by atoms with Gasteiger partial charge >= 0.3 is 0 Å². The largest absolute Gasteiger partial charge is 0.398 e. The van der Waals surface area contributed by atoms with Crippen LogP contribution >= 0.6 is 0 Å². The first kappa shape index (κ1) is 9.16. The van der Waals surface area contributed by atoms with Crippen LogP contribution in [0.4, 0.5) is 5.69 Å². The number of hydrogen-bond acceptors (Lipinski definition) is 2. The fourth-order valence-corrected chi connectivity index (χ4v) is 2.00. The Morgan fingerprint density at radius 2 is 1.88 bits per heavy atom. The first-order valence-corrected chi connectivity index (χ1v) is 5.30. The highest BCUT2D eigenvalue weighted by Gasteiger charge is 2.02. The summed E-state index contributed by atoms with van der Waals surface area (Å²) in [6.45, 7) is 2.08. The number of aryl methyl sites for hydroxylation is 1. The zero-order valence-electron chi connectivity index (χ0n) is 9.07. The van der Waals surface area contributed by atoms with Crippen LogP contribution in [0.3, 0.4) is 0 Å². The van der Waals surface area contributed by atoms with E-state index in [0.29, 0.717) is 0 Å². The molecule has 0 fully saturated rings. The average molecular weight is 208 g/mol. The van der Waals surface area contributed by atoms with E-state index in [9.17, 15) is 0 Å². The van der Waals surface area contributed by atoms with Crippen molar-refractivity contribution in [3.8, 4) is 0 Å². The highest BCUT2D eigenvalue weighted by Crippen LogP contribution is 2.24. The molecule has 0 unspecified atom stereocenters. The molecule has 2 N–H and O–H groups in total. The van der Waals surface area contributed by atoms with E-state index in [1.165, 1.54) is 5.56 Å². The Morgan fingerprint density at radius 1 is 1.00 bits per heavy atom. The predicted octanol–water partition coefficient (Wildman–Crippen LogP) is 3.28. The summed E-state index contributed by atoms with van der Waals surface area (Å²) in [7, 11) is 0. The minimum Gasteiger partial charge on any atom is -0.398 e. The van der Waals surface area contributed by atoms with Crippen molar-refractivity contribution in [2.45, 2.75) is 6.92 Å². The molecule has 0 aliphatic heterocycles. The molecule has 0 saturated heterocycles. The van der Waals surface area contributed by atoms with Crippen molar-refractivity contribution in [2.24, 2.45) is 0 Å².